The molecule has 0 bridgehead atoms. The average molecular weight is 411 g/mol. The van der Waals surface area contributed by atoms with Crippen molar-refractivity contribution in [2.24, 2.45) is 0 Å². The quantitative estimate of drug-likeness (QED) is 0.666. The Morgan fingerprint density at radius 2 is 1.85 bits per heavy atom. The van der Waals surface area contributed by atoms with E-state index < -0.39 is 0 Å². The van der Waals surface area contributed by atoms with Gasteiger partial charge in [-0.3, -0.25) is 0 Å². The first-order chi connectivity index (χ1) is 12.7. The number of hydrogen-bond acceptors (Lipinski definition) is 4. The molecule has 2 aromatic carbocycles. The van der Waals surface area contributed by atoms with E-state index in [0.717, 1.165) is 33.1 Å². The average Bonchev–Trinajstić information content (AvgIpc) is 3.09. The number of allylic oxidation sites excluding steroid dienone is 1. The molecule has 1 atom stereocenters. The number of aliphatic hydroxyl groups excluding tert-OH is 1. The number of fused-ring (bicyclic) bond motifs is 1. The van der Waals surface area contributed by atoms with Crippen LogP contribution in [0.1, 0.15) is 29.4 Å². The van der Waals surface area contributed by atoms with Gasteiger partial charge in [-0.2, -0.15) is 10.1 Å². The largest absolute Gasteiger partial charge is 0.396 e. The number of halogens is 1. The lowest BCUT2D eigenvalue weighted by Crippen LogP contribution is -2.20. The molecule has 1 aliphatic rings. The van der Waals surface area contributed by atoms with E-state index in [-0.39, 0.29) is 12.6 Å². The highest BCUT2D eigenvalue weighted by atomic mass is 79.9. The van der Waals surface area contributed by atoms with E-state index in [1.807, 2.05) is 35.0 Å². The topological polar surface area (TPSA) is 63.0 Å². The maximum absolute atomic E-state index is 9.08. The molecule has 4 rings (SSSR count). The molecule has 5 nitrogen and oxygen atoms in total. The van der Waals surface area contributed by atoms with Gasteiger partial charge in [0, 0.05) is 23.2 Å². The van der Waals surface area contributed by atoms with Crippen LogP contribution >= 0.6 is 15.9 Å². The smallest absolute Gasteiger partial charge is 0.226 e. The second-order valence-electron chi connectivity index (χ2n) is 6.19. The van der Waals surface area contributed by atoms with E-state index >= 15 is 0 Å². The summed E-state index contributed by atoms with van der Waals surface area (Å²) >= 11 is 3.48. The van der Waals surface area contributed by atoms with Gasteiger partial charge in [0.1, 0.15) is 6.04 Å². The van der Waals surface area contributed by atoms with E-state index in [2.05, 4.69) is 61.7 Å². The van der Waals surface area contributed by atoms with Crippen molar-refractivity contribution in [1.29, 1.82) is 0 Å². The highest BCUT2D eigenvalue weighted by molar-refractivity contribution is 9.10. The third-order valence-corrected chi connectivity index (χ3v) is 4.89. The molecule has 1 aliphatic heterocycles. The highest BCUT2D eigenvalue weighted by Crippen LogP contribution is 2.32. The molecule has 0 saturated heterocycles. The fourth-order valence-corrected chi connectivity index (χ4v) is 3.33. The van der Waals surface area contributed by atoms with Gasteiger partial charge in [0.25, 0.3) is 0 Å². The Bertz CT molecular complexity index is 919. The van der Waals surface area contributed by atoms with Gasteiger partial charge in [0.2, 0.25) is 5.95 Å². The van der Waals surface area contributed by atoms with Crippen molar-refractivity contribution in [2.75, 3.05) is 11.9 Å². The first-order valence-corrected chi connectivity index (χ1v) is 9.40. The molecule has 1 unspecified atom stereocenters. The van der Waals surface area contributed by atoms with Crippen LogP contribution in [0.3, 0.4) is 0 Å². The first kappa shape index (κ1) is 17.0. The zero-order chi connectivity index (χ0) is 17.9. The monoisotopic (exact) mass is 410 g/mol. The van der Waals surface area contributed by atoms with Gasteiger partial charge in [-0.15, -0.1) is 0 Å². The molecule has 2 heterocycles. The van der Waals surface area contributed by atoms with Gasteiger partial charge in [-0.25, -0.2) is 4.68 Å². The SMILES string of the molecule is OCCCc1nc2n(n1)C(c1ccccc1)C=C(c1ccc(Br)cc1)N2. The Labute approximate surface area is 160 Å². The molecular formula is C20H19BrN4O. The van der Waals surface area contributed by atoms with Crippen molar-refractivity contribution in [3.05, 3.63) is 82.1 Å². The van der Waals surface area contributed by atoms with Gasteiger partial charge in [-0.1, -0.05) is 58.4 Å². The Kier molecular flexibility index (Phi) is 4.86. The number of aliphatic hydroxyl groups is 1. The third-order valence-electron chi connectivity index (χ3n) is 4.36. The van der Waals surface area contributed by atoms with Crippen LogP contribution < -0.4 is 5.32 Å². The second-order valence-corrected chi connectivity index (χ2v) is 7.11. The maximum atomic E-state index is 9.08. The minimum atomic E-state index is -0.0264. The number of aryl methyl sites for hydroxylation is 1. The molecule has 6 heteroatoms. The van der Waals surface area contributed by atoms with E-state index in [1.54, 1.807) is 0 Å². The van der Waals surface area contributed by atoms with Gasteiger partial charge < -0.3 is 10.4 Å². The Morgan fingerprint density at radius 3 is 2.58 bits per heavy atom. The number of rotatable bonds is 5. The van der Waals surface area contributed by atoms with E-state index in [1.165, 1.54) is 0 Å². The Balaban J connectivity index is 1.75. The van der Waals surface area contributed by atoms with Crippen LogP contribution in [0.4, 0.5) is 5.95 Å². The highest BCUT2D eigenvalue weighted by Gasteiger charge is 2.25. The van der Waals surface area contributed by atoms with Crippen molar-refractivity contribution >= 4 is 27.6 Å². The molecule has 132 valence electrons. The van der Waals surface area contributed by atoms with E-state index in [9.17, 15) is 0 Å². The lowest BCUT2D eigenvalue weighted by atomic mass is 10.0. The number of aromatic nitrogens is 3. The molecule has 0 spiro atoms. The number of nitrogens with one attached hydrogen (secondary N) is 1. The number of benzene rings is 2. The van der Waals surface area contributed by atoms with Crippen LogP contribution in [0.2, 0.25) is 0 Å². The number of anilines is 1. The summed E-state index contributed by atoms with van der Waals surface area (Å²) in [5.41, 5.74) is 3.27. The van der Waals surface area contributed by atoms with Gasteiger partial charge in [0.05, 0.1) is 0 Å². The van der Waals surface area contributed by atoms with Crippen molar-refractivity contribution in [3.63, 3.8) is 0 Å². The summed E-state index contributed by atoms with van der Waals surface area (Å²) in [6.45, 7) is 0.141. The van der Waals surface area contributed by atoms with Crippen LogP contribution in [0.5, 0.6) is 0 Å². The normalized spacial score (nSPS) is 15.9. The minimum Gasteiger partial charge on any atom is -0.396 e. The Morgan fingerprint density at radius 1 is 1.08 bits per heavy atom. The lowest BCUT2D eigenvalue weighted by molar-refractivity contribution is 0.287. The molecule has 0 aliphatic carbocycles. The second kappa shape index (κ2) is 7.43. The Hall–Kier alpha value is -2.44. The number of nitrogens with zero attached hydrogens (tertiary/aromatic N) is 3. The van der Waals surface area contributed by atoms with E-state index in [4.69, 9.17) is 5.11 Å². The van der Waals surface area contributed by atoms with Crippen LogP contribution in [0.15, 0.2) is 65.1 Å². The zero-order valence-corrected chi connectivity index (χ0v) is 15.7. The lowest BCUT2D eigenvalue weighted by Gasteiger charge is -2.24. The summed E-state index contributed by atoms with van der Waals surface area (Å²) in [6.07, 6.45) is 3.50. The summed E-state index contributed by atoms with van der Waals surface area (Å²) < 4.78 is 2.97. The first-order valence-electron chi connectivity index (χ1n) is 8.60. The maximum Gasteiger partial charge on any atom is 0.226 e. The fourth-order valence-electron chi connectivity index (χ4n) is 3.07. The molecule has 0 amide bonds. The molecule has 26 heavy (non-hydrogen) atoms. The summed E-state index contributed by atoms with van der Waals surface area (Å²) in [5.74, 6) is 1.47. The van der Waals surface area contributed by atoms with Crippen LogP contribution in [-0.2, 0) is 6.42 Å². The van der Waals surface area contributed by atoms with Crippen molar-refractivity contribution in [1.82, 2.24) is 14.8 Å². The standard InChI is InChI=1S/C20H19BrN4O/c21-16-10-8-14(9-11-16)17-13-18(15-5-2-1-3-6-15)25-20(22-17)23-19(24-25)7-4-12-26/h1-3,5-6,8-11,13,18,26H,4,7,12H2,(H,22,23,24). The van der Waals surface area contributed by atoms with Crippen LogP contribution in [0, 0.1) is 0 Å². The fraction of sp³-hybridized carbons (Fsp3) is 0.200. The van der Waals surface area contributed by atoms with Crippen molar-refractivity contribution < 1.29 is 5.11 Å². The van der Waals surface area contributed by atoms with Crippen molar-refractivity contribution in [2.45, 2.75) is 18.9 Å². The molecule has 0 saturated carbocycles. The molecule has 0 fully saturated rings. The van der Waals surface area contributed by atoms with Gasteiger partial charge in [0.15, 0.2) is 5.82 Å². The van der Waals surface area contributed by atoms with Crippen LogP contribution in [0.25, 0.3) is 5.70 Å². The van der Waals surface area contributed by atoms with Crippen molar-refractivity contribution in [3.8, 4) is 0 Å². The van der Waals surface area contributed by atoms with Gasteiger partial charge >= 0.3 is 0 Å². The minimum absolute atomic E-state index is 0.0264. The molecular weight excluding hydrogens is 392 g/mol. The third kappa shape index (κ3) is 3.43. The summed E-state index contributed by atoms with van der Waals surface area (Å²) in [5, 5.41) is 17.2. The number of hydrogen-bond donors (Lipinski definition) is 2. The summed E-state index contributed by atoms with van der Waals surface area (Å²) in [6, 6.07) is 18.5. The van der Waals surface area contributed by atoms with Gasteiger partial charge in [-0.05, 0) is 35.8 Å². The zero-order valence-electron chi connectivity index (χ0n) is 14.1. The predicted molar refractivity (Wildman–Crippen MR) is 106 cm³/mol. The molecule has 2 N–H and O–H groups in total. The molecule has 1 aromatic heterocycles. The molecule has 3 aromatic rings. The predicted octanol–water partition coefficient (Wildman–Crippen LogP) is 4.02. The summed E-state index contributed by atoms with van der Waals surface area (Å²) in [4.78, 5) is 4.64. The van der Waals surface area contributed by atoms with Crippen LogP contribution in [-0.4, -0.2) is 26.5 Å². The summed E-state index contributed by atoms with van der Waals surface area (Å²) in [7, 11) is 0. The van der Waals surface area contributed by atoms with E-state index in [0.29, 0.717) is 12.8 Å². The molecule has 0 radical (unpaired) electrons.